The van der Waals surface area contributed by atoms with Crippen LogP contribution in [0.15, 0.2) is 24.3 Å². The number of aliphatic hydroxyl groups is 1. The lowest BCUT2D eigenvalue weighted by atomic mass is 9.82. The number of benzene rings is 1. The molecule has 0 aliphatic rings. The molecule has 13 heavy (non-hydrogen) atoms. The van der Waals surface area contributed by atoms with Crippen molar-refractivity contribution in [2.75, 3.05) is 6.61 Å². The Labute approximate surface area is 80.4 Å². The third-order valence-electron chi connectivity index (χ3n) is 2.52. The Morgan fingerprint density at radius 2 is 1.85 bits per heavy atom. The molecule has 1 nitrogen and oxygen atoms in total. The summed E-state index contributed by atoms with van der Waals surface area (Å²) in [6.07, 6.45) is 1.03. The highest BCUT2D eigenvalue weighted by molar-refractivity contribution is 5.33. The van der Waals surface area contributed by atoms with Crippen molar-refractivity contribution in [2.24, 2.45) is 0 Å². The zero-order valence-electron chi connectivity index (χ0n) is 8.67. The van der Waals surface area contributed by atoms with E-state index < -0.39 is 0 Å². The summed E-state index contributed by atoms with van der Waals surface area (Å²) in [6, 6.07) is 8.32. The molecular formula is C12H18O. The van der Waals surface area contributed by atoms with Crippen molar-refractivity contribution in [3.63, 3.8) is 0 Å². The molecule has 72 valence electrons. The second-order valence-electron chi connectivity index (χ2n) is 4.05. The molecule has 0 amide bonds. The number of rotatable bonds is 3. The summed E-state index contributed by atoms with van der Waals surface area (Å²) in [7, 11) is 0. The lowest BCUT2D eigenvalue weighted by Gasteiger charge is -2.25. The van der Waals surface area contributed by atoms with E-state index in [4.69, 9.17) is 0 Å². The van der Waals surface area contributed by atoms with E-state index in [0.29, 0.717) is 0 Å². The molecule has 0 radical (unpaired) electrons. The second-order valence-corrected chi connectivity index (χ2v) is 4.05. The summed E-state index contributed by atoms with van der Waals surface area (Å²) < 4.78 is 0. The number of aryl methyl sites for hydroxylation is 1. The lowest BCUT2D eigenvalue weighted by Crippen LogP contribution is -2.23. The largest absolute Gasteiger partial charge is 0.395 e. The first-order valence-corrected chi connectivity index (χ1v) is 4.81. The van der Waals surface area contributed by atoms with Gasteiger partial charge in [0.2, 0.25) is 0 Å². The van der Waals surface area contributed by atoms with Crippen LogP contribution in [0.5, 0.6) is 0 Å². The van der Waals surface area contributed by atoms with Gasteiger partial charge in [-0.05, 0) is 17.5 Å². The first-order chi connectivity index (χ1) is 6.11. The van der Waals surface area contributed by atoms with Gasteiger partial charge in [0.15, 0.2) is 0 Å². The normalized spacial score (nSPS) is 11.7. The average molecular weight is 178 g/mol. The summed E-state index contributed by atoms with van der Waals surface area (Å²) in [5.74, 6) is 0. The zero-order valence-corrected chi connectivity index (χ0v) is 8.67. The smallest absolute Gasteiger partial charge is 0.0522 e. The van der Waals surface area contributed by atoms with Crippen molar-refractivity contribution in [3.8, 4) is 0 Å². The highest BCUT2D eigenvalue weighted by atomic mass is 16.3. The number of hydrogen-bond acceptors (Lipinski definition) is 1. The molecule has 1 heteroatoms. The van der Waals surface area contributed by atoms with Gasteiger partial charge in [-0.15, -0.1) is 0 Å². The quantitative estimate of drug-likeness (QED) is 0.754. The Bertz CT molecular complexity index is 276. The summed E-state index contributed by atoms with van der Waals surface area (Å²) in [6.45, 7) is 6.49. The Kier molecular flexibility index (Phi) is 3.10. The number of aliphatic hydroxyl groups excluding tert-OH is 1. The summed E-state index contributed by atoms with van der Waals surface area (Å²) >= 11 is 0. The van der Waals surface area contributed by atoms with Gasteiger partial charge in [-0.25, -0.2) is 0 Å². The Morgan fingerprint density at radius 1 is 1.23 bits per heavy atom. The van der Waals surface area contributed by atoms with Crippen LogP contribution < -0.4 is 0 Å². The molecule has 0 heterocycles. The molecule has 0 spiro atoms. The van der Waals surface area contributed by atoms with Gasteiger partial charge >= 0.3 is 0 Å². The van der Waals surface area contributed by atoms with E-state index in [1.54, 1.807) is 0 Å². The molecule has 0 atom stereocenters. The third-order valence-corrected chi connectivity index (χ3v) is 2.52. The molecule has 0 fully saturated rings. The van der Waals surface area contributed by atoms with E-state index in [0.717, 1.165) is 6.42 Å². The van der Waals surface area contributed by atoms with E-state index in [-0.39, 0.29) is 12.0 Å². The van der Waals surface area contributed by atoms with Crippen molar-refractivity contribution < 1.29 is 5.11 Å². The Morgan fingerprint density at radius 3 is 2.38 bits per heavy atom. The summed E-state index contributed by atoms with van der Waals surface area (Å²) in [4.78, 5) is 0. The Balaban J connectivity index is 3.12. The summed E-state index contributed by atoms with van der Waals surface area (Å²) in [5, 5.41) is 9.27. The predicted molar refractivity (Wildman–Crippen MR) is 55.9 cm³/mol. The molecule has 0 saturated heterocycles. The third kappa shape index (κ3) is 2.10. The van der Waals surface area contributed by atoms with Crippen LogP contribution in [0.1, 0.15) is 31.9 Å². The van der Waals surface area contributed by atoms with Gasteiger partial charge in [-0.2, -0.15) is 0 Å². The van der Waals surface area contributed by atoms with Gasteiger partial charge in [0.25, 0.3) is 0 Å². The molecular weight excluding hydrogens is 160 g/mol. The topological polar surface area (TPSA) is 20.2 Å². The van der Waals surface area contributed by atoms with Gasteiger partial charge in [0.1, 0.15) is 0 Å². The Hall–Kier alpha value is -0.820. The van der Waals surface area contributed by atoms with Crippen molar-refractivity contribution in [3.05, 3.63) is 35.4 Å². The van der Waals surface area contributed by atoms with Crippen molar-refractivity contribution in [2.45, 2.75) is 32.6 Å². The standard InChI is InChI=1S/C12H18O/c1-4-10-7-5-6-8-11(10)12(2,3)9-13/h5-8,13H,4,9H2,1-3H3. The molecule has 1 aromatic carbocycles. The van der Waals surface area contributed by atoms with Crippen LogP contribution in [0.4, 0.5) is 0 Å². The molecule has 0 aliphatic heterocycles. The van der Waals surface area contributed by atoms with Gasteiger partial charge in [0, 0.05) is 5.41 Å². The van der Waals surface area contributed by atoms with Crippen LogP contribution in [0.2, 0.25) is 0 Å². The maximum absolute atomic E-state index is 9.27. The number of hydrogen-bond donors (Lipinski definition) is 1. The molecule has 1 N–H and O–H groups in total. The van der Waals surface area contributed by atoms with E-state index in [1.165, 1.54) is 11.1 Å². The molecule has 0 saturated carbocycles. The van der Waals surface area contributed by atoms with E-state index >= 15 is 0 Å². The molecule has 1 aromatic rings. The first kappa shape index (κ1) is 10.3. The van der Waals surface area contributed by atoms with Crippen molar-refractivity contribution in [1.29, 1.82) is 0 Å². The fraction of sp³-hybridized carbons (Fsp3) is 0.500. The minimum absolute atomic E-state index is 0.118. The average Bonchev–Trinajstić information content (AvgIpc) is 2.18. The maximum atomic E-state index is 9.27. The first-order valence-electron chi connectivity index (χ1n) is 4.81. The summed E-state index contributed by atoms with van der Waals surface area (Å²) in [5.41, 5.74) is 2.48. The van der Waals surface area contributed by atoms with Crippen LogP contribution in [-0.2, 0) is 11.8 Å². The van der Waals surface area contributed by atoms with Crippen molar-refractivity contribution >= 4 is 0 Å². The van der Waals surface area contributed by atoms with Crippen LogP contribution in [0.3, 0.4) is 0 Å². The van der Waals surface area contributed by atoms with Gasteiger partial charge in [0.05, 0.1) is 6.61 Å². The van der Waals surface area contributed by atoms with E-state index in [9.17, 15) is 5.11 Å². The monoisotopic (exact) mass is 178 g/mol. The van der Waals surface area contributed by atoms with E-state index in [1.807, 2.05) is 6.07 Å². The van der Waals surface area contributed by atoms with Crippen LogP contribution in [0, 0.1) is 0 Å². The van der Waals surface area contributed by atoms with Gasteiger partial charge < -0.3 is 5.11 Å². The van der Waals surface area contributed by atoms with Crippen molar-refractivity contribution in [1.82, 2.24) is 0 Å². The van der Waals surface area contributed by atoms with Gasteiger partial charge in [-0.3, -0.25) is 0 Å². The molecule has 0 unspecified atom stereocenters. The molecule has 1 rings (SSSR count). The zero-order chi connectivity index (χ0) is 9.90. The fourth-order valence-corrected chi connectivity index (χ4v) is 1.57. The van der Waals surface area contributed by atoms with E-state index in [2.05, 4.69) is 39.0 Å². The highest BCUT2D eigenvalue weighted by Gasteiger charge is 2.21. The fourth-order valence-electron chi connectivity index (χ4n) is 1.57. The van der Waals surface area contributed by atoms with Crippen LogP contribution >= 0.6 is 0 Å². The van der Waals surface area contributed by atoms with Gasteiger partial charge in [-0.1, -0.05) is 45.0 Å². The minimum atomic E-state index is -0.118. The predicted octanol–water partition coefficient (Wildman–Crippen LogP) is 2.52. The highest BCUT2D eigenvalue weighted by Crippen LogP contribution is 2.25. The lowest BCUT2D eigenvalue weighted by molar-refractivity contribution is 0.218. The van der Waals surface area contributed by atoms with Crippen LogP contribution in [-0.4, -0.2) is 11.7 Å². The second kappa shape index (κ2) is 3.93. The molecule has 0 bridgehead atoms. The molecule has 0 aliphatic carbocycles. The van der Waals surface area contributed by atoms with Crippen LogP contribution in [0.25, 0.3) is 0 Å². The minimum Gasteiger partial charge on any atom is -0.395 e. The maximum Gasteiger partial charge on any atom is 0.0522 e. The SMILES string of the molecule is CCc1ccccc1C(C)(C)CO. The molecule has 0 aromatic heterocycles.